The van der Waals surface area contributed by atoms with Crippen LogP contribution in [-0.2, 0) is 21.7 Å². The number of hydrogen-bond acceptors (Lipinski definition) is 4. The molecule has 4 aliphatic heterocycles. The Morgan fingerprint density at radius 1 is 0.515 bits per heavy atom. The molecule has 2 fully saturated rings. The van der Waals surface area contributed by atoms with Gasteiger partial charge in [-0.2, -0.15) is 0 Å². The third-order valence-corrected chi connectivity index (χ3v) is 20.0. The van der Waals surface area contributed by atoms with Gasteiger partial charge in [-0.05, 0) is 156 Å². The van der Waals surface area contributed by atoms with Crippen LogP contribution in [0.15, 0.2) is 103 Å². The van der Waals surface area contributed by atoms with E-state index in [1.807, 2.05) is 11.3 Å². The Morgan fingerprint density at radius 2 is 1.15 bits per heavy atom. The molecule has 13 rings (SSSR count). The number of hydrogen-bond donors (Lipinski definition) is 0. The highest BCUT2D eigenvalue weighted by Gasteiger charge is 2.62. The first-order chi connectivity index (χ1) is 31.4. The van der Waals surface area contributed by atoms with E-state index in [2.05, 4.69) is 194 Å². The average molecular weight is 884 g/mol. The molecule has 0 radical (unpaired) electrons. The first kappa shape index (κ1) is 41.2. The van der Waals surface area contributed by atoms with Crippen LogP contribution in [0.5, 0.6) is 0 Å². The van der Waals surface area contributed by atoms with E-state index in [4.69, 9.17) is 0 Å². The SMILES string of the molecule is Cc1cc2c3c(c1)N1c4c(cc(C(C)(C)C)cc4C4(C)CCCCC14C)B3c1ccc(N3c4ccc(C(C)(C)C)cc4C4(C)CCCCC34C)cc1N2c1ccc2sc3ccccc3c2c1. The van der Waals surface area contributed by atoms with E-state index in [0.717, 1.165) is 0 Å². The molecule has 4 atom stereocenters. The molecule has 2 aliphatic carbocycles. The molecule has 1 aromatic heterocycles. The van der Waals surface area contributed by atoms with Crippen LogP contribution in [0.4, 0.5) is 39.8 Å². The number of benzene rings is 6. The highest BCUT2D eigenvalue weighted by atomic mass is 32.1. The lowest BCUT2D eigenvalue weighted by Gasteiger charge is -2.53. The van der Waals surface area contributed by atoms with E-state index in [1.165, 1.54) is 150 Å². The summed E-state index contributed by atoms with van der Waals surface area (Å²) >= 11 is 1.91. The molecule has 0 bridgehead atoms. The van der Waals surface area contributed by atoms with Crippen LogP contribution in [-0.4, -0.2) is 17.8 Å². The molecule has 6 aliphatic rings. The van der Waals surface area contributed by atoms with E-state index >= 15 is 0 Å². The van der Waals surface area contributed by atoms with Crippen molar-refractivity contribution in [3.63, 3.8) is 0 Å². The van der Waals surface area contributed by atoms with Gasteiger partial charge in [0.05, 0.1) is 11.1 Å². The third kappa shape index (κ3) is 5.12. The largest absolute Gasteiger partial charge is 0.335 e. The summed E-state index contributed by atoms with van der Waals surface area (Å²) in [5.41, 5.74) is 21.4. The molecule has 5 heterocycles. The highest BCUT2D eigenvalue weighted by Crippen LogP contribution is 2.64. The minimum Gasteiger partial charge on any atom is -0.335 e. The zero-order valence-corrected chi connectivity index (χ0v) is 42.1. The second-order valence-corrected chi connectivity index (χ2v) is 25.6. The summed E-state index contributed by atoms with van der Waals surface area (Å²) < 4.78 is 2.70. The molecular formula is C61H66BN3S. The van der Waals surface area contributed by atoms with E-state index < -0.39 is 0 Å². The van der Waals surface area contributed by atoms with Gasteiger partial charge in [-0.1, -0.05) is 130 Å². The number of aryl methyl sites for hydroxylation is 1. The highest BCUT2D eigenvalue weighted by molar-refractivity contribution is 7.25. The van der Waals surface area contributed by atoms with Gasteiger partial charge in [0.25, 0.3) is 6.71 Å². The molecule has 334 valence electrons. The van der Waals surface area contributed by atoms with Gasteiger partial charge in [-0.3, -0.25) is 0 Å². The summed E-state index contributed by atoms with van der Waals surface area (Å²) in [5, 5.41) is 2.69. The predicted octanol–water partition coefficient (Wildman–Crippen LogP) is 15.1. The van der Waals surface area contributed by atoms with E-state index in [0.29, 0.717) is 0 Å². The van der Waals surface area contributed by atoms with Gasteiger partial charge in [0.2, 0.25) is 0 Å². The zero-order chi connectivity index (χ0) is 45.7. The first-order valence-corrected chi connectivity index (χ1v) is 26.1. The molecular weight excluding hydrogens is 818 g/mol. The van der Waals surface area contributed by atoms with Crippen molar-refractivity contribution in [1.82, 2.24) is 0 Å². The normalized spacial score (nSPS) is 26.0. The maximum absolute atomic E-state index is 2.90. The zero-order valence-electron chi connectivity index (χ0n) is 41.3. The Hall–Kier alpha value is -5.00. The van der Waals surface area contributed by atoms with E-state index in [-0.39, 0.29) is 39.5 Å². The third-order valence-electron chi connectivity index (χ3n) is 18.9. The van der Waals surface area contributed by atoms with Gasteiger partial charge in [-0.15, -0.1) is 11.3 Å². The summed E-state index contributed by atoms with van der Waals surface area (Å²) in [6.45, 7) is 27.3. The van der Waals surface area contributed by atoms with Crippen LogP contribution in [0.1, 0.15) is 148 Å². The van der Waals surface area contributed by atoms with Crippen molar-refractivity contribution in [3.8, 4) is 0 Å². The van der Waals surface area contributed by atoms with E-state index in [9.17, 15) is 0 Å². The van der Waals surface area contributed by atoms with Gasteiger partial charge in [0.15, 0.2) is 0 Å². The van der Waals surface area contributed by atoms with Gasteiger partial charge >= 0.3 is 0 Å². The van der Waals surface area contributed by atoms with Crippen LogP contribution in [0, 0.1) is 6.92 Å². The Kier molecular flexibility index (Phi) is 8.22. The number of thiophene rings is 1. The van der Waals surface area contributed by atoms with Crippen molar-refractivity contribution >= 4 is 94.4 Å². The van der Waals surface area contributed by atoms with Crippen molar-refractivity contribution in [2.45, 2.75) is 160 Å². The lowest BCUT2D eigenvalue weighted by molar-refractivity contribution is 0.195. The molecule has 4 unspecified atom stereocenters. The van der Waals surface area contributed by atoms with Gasteiger partial charge in [0, 0.05) is 70.8 Å². The number of nitrogens with zero attached hydrogens (tertiary/aromatic N) is 3. The van der Waals surface area contributed by atoms with Gasteiger partial charge in [-0.25, -0.2) is 0 Å². The number of rotatable bonds is 2. The quantitative estimate of drug-likeness (QED) is 0.160. The molecule has 6 aromatic carbocycles. The number of anilines is 7. The molecule has 3 nitrogen and oxygen atoms in total. The predicted molar refractivity (Wildman–Crippen MR) is 286 cm³/mol. The Labute approximate surface area is 398 Å². The molecule has 2 saturated carbocycles. The maximum Gasteiger partial charge on any atom is 0.252 e. The van der Waals surface area contributed by atoms with Gasteiger partial charge in [0.1, 0.15) is 0 Å². The monoisotopic (exact) mass is 884 g/mol. The average Bonchev–Trinajstić information content (AvgIpc) is 3.82. The molecule has 0 N–H and O–H groups in total. The summed E-state index contributed by atoms with van der Waals surface area (Å²) in [7, 11) is 0. The van der Waals surface area contributed by atoms with Crippen LogP contribution < -0.4 is 31.1 Å². The van der Waals surface area contributed by atoms with Crippen LogP contribution in [0.3, 0.4) is 0 Å². The fourth-order valence-corrected chi connectivity index (χ4v) is 15.9. The lowest BCUT2D eigenvalue weighted by Crippen LogP contribution is -2.64. The minimum atomic E-state index is -0.0532. The van der Waals surface area contributed by atoms with Crippen molar-refractivity contribution in [1.29, 1.82) is 0 Å². The summed E-state index contributed by atoms with van der Waals surface area (Å²) in [5.74, 6) is 0. The second kappa shape index (κ2) is 13.2. The minimum absolute atomic E-state index is 0.0148. The fourth-order valence-electron chi connectivity index (χ4n) is 14.8. The molecule has 7 aromatic rings. The molecule has 0 spiro atoms. The summed E-state index contributed by atoms with van der Waals surface area (Å²) in [6.07, 6.45) is 9.93. The Bertz CT molecular complexity index is 3260. The standard InChI is InChI=1S/C61H66BN3S/c1-37-30-50-54-51(31-37)65-55-45(59(9)27-15-17-29-61(59,65)11)33-39(57(5,6)7)34-47(55)62(54)46-23-21-41(36-49(46)63(50)40-22-25-53-43(35-40)42-18-12-13-19-52(42)66-53)64-48-24-20-38(56(2,3)4)32-44(48)58(8)26-14-16-28-60(58,64)10/h12-13,18-25,30-36H,14-17,26-29H2,1-11H3. The summed E-state index contributed by atoms with van der Waals surface area (Å²) in [4.78, 5) is 8.41. The molecule has 5 heteroatoms. The fraction of sp³-hybridized carbons (Fsp3) is 0.410. The number of fused-ring (bicyclic) bond motifs is 13. The van der Waals surface area contributed by atoms with E-state index in [1.54, 1.807) is 5.56 Å². The van der Waals surface area contributed by atoms with Crippen molar-refractivity contribution in [2.75, 3.05) is 14.7 Å². The van der Waals surface area contributed by atoms with Gasteiger partial charge < -0.3 is 14.7 Å². The Morgan fingerprint density at radius 3 is 1.89 bits per heavy atom. The molecule has 0 amide bonds. The van der Waals surface area contributed by atoms with Crippen LogP contribution >= 0.6 is 11.3 Å². The van der Waals surface area contributed by atoms with Crippen molar-refractivity contribution < 1.29 is 0 Å². The van der Waals surface area contributed by atoms with Crippen LogP contribution in [0.25, 0.3) is 20.2 Å². The Balaban J connectivity index is 1.11. The lowest BCUT2D eigenvalue weighted by atomic mass is 9.33. The topological polar surface area (TPSA) is 9.72 Å². The smallest absolute Gasteiger partial charge is 0.252 e. The maximum atomic E-state index is 2.90. The van der Waals surface area contributed by atoms with Crippen LogP contribution in [0.2, 0.25) is 0 Å². The molecule has 66 heavy (non-hydrogen) atoms. The summed E-state index contributed by atoms with van der Waals surface area (Å²) in [6, 6.07) is 42.0. The van der Waals surface area contributed by atoms with Crippen molar-refractivity contribution in [2.24, 2.45) is 0 Å². The van der Waals surface area contributed by atoms with Crippen molar-refractivity contribution in [3.05, 3.63) is 131 Å². The molecule has 0 saturated heterocycles. The first-order valence-electron chi connectivity index (χ1n) is 25.3. The second-order valence-electron chi connectivity index (χ2n) is 24.5.